The number of rotatable bonds is 10. The average molecular weight is 406 g/mol. The van der Waals surface area contributed by atoms with E-state index in [1.165, 1.54) is 23.1 Å². The molecule has 1 N–H and O–H groups in total. The fourth-order valence-corrected chi connectivity index (χ4v) is 4.47. The largest absolute Gasteiger partial charge is 0.300 e. The van der Waals surface area contributed by atoms with Gasteiger partial charge in [-0.1, -0.05) is 73.6 Å². The predicted octanol–water partition coefficient (Wildman–Crippen LogP) is 5.28. The second-order valence-corrected chi connectivity index (χ2v) is 8.84. The molecule has 0 fully saturated rings. The Hall–Kier alpha value is -1.73. The summed E-state index contributed by atoms with van der Waals surface area (Å²) >= 11 is 2.67. The number of anilines is 1. The van der Waals surface area contributed by atoms with Crippen LogP contribution in [0.15, 0.2) is 22.5 Å². The molecule has 0 bridgehead atoms. The van der Waals surface area contributed by atoms with E-state index in [-0.39, 0.29) is 17.6 Å². The number of ketones is 1. The molecule has 0 aliphatic rings. The first-order valence-corrected chi connectivity index (χ1v) is 11.1. The van der Waals surface area contributed by atoms with Crippen molar-refractivity contribution in [3.8, 4) is 0 Å². The van der Waals surface area contributed by atoms with Gasteiger partial charge in [0.25, 0.3) is 0 Å². The van der Waals surface area contributed by atoms with Crippen LogP contribution in [0.4, 0.5) is 5.13 Å². The third-order valence-electron chi connectivity index (χ3n) is 4.42. The van der Waals surface area contributed by atoms with Gasteiger partial charge in [-0.05, 0) is 32.3 Å². The molecular weight excluding hydrogens is 378 g/mol. The van der Waals surface area contributed by atoms with Crippen LogP contribution in [0.25, 0.3) is 0 Å². The Morgan fingerprint density at radius 2 is 2.00 bits per heavy atom. The van der Waals surface area contributed by atoms with E-state index < -0.39 is 0 Å². The molecule has 146 valence electrons. The van der Waals surface area contributed by atoms with Gasteiger partial charge in [-0.25, -0.2) is 0 Å². The lowest BCUT2D eigenvalue weighted by molar-refractivity contribution is -0.120. The number of unbranched alkanes of at least 4 members (excludes halogenated alkanes) is 1. The zero-order valence-electron chi connectivity index (χ0n) is 16.4. The Morgan fingerprint density at radius 1 is 1.22 bits per heavy atom. The van der Waals surface area contributed by atoms with Gasteiger partial charge in [-0.2, -0.15) is 0 Å². The molecule has 2 aromatic rings. The van der Waals surface area contributed by atoms with Crippen LogP contribution < -0.4 is 5.32 Å². The summed E-state index contributed by atoms with van der Waals surface area (Å²) in [6.07, 6.45) is 3.84. The highest BCUT2D eigenvalue weighted by molar-refractivity contribution is 8.01. The van der Waals surface area contributed by atoms with E-state index in [4.69, 9.17) is 0 Å². The molecule has 0 spiro atoms. The number of hydrogen-bond acceptors (Lipinski definition) is 6. The van der Waals surface area contributed by atoms with Crippen LogP contribution >= 0.6 is 23.1 Å². The maximum atomic E-state index is 12.4. The molecule has 5 nitrogen and oxygen atoms in total. The lowest BCUT2D eigenvalue weighted by Crippen LogP contribution is -2.22. The number of amides is 1. The highest BCUT2D eigenvalue weighted by Gasteiger charge is 2.18. The number of aromatic nitrogens is 2. The lowest BCUT2D eigenvalue weighted by Gasteiger charge is -2.12. The topological polar surface area (TPSA) is 72.0 Å². The molecule has 1 unspecified atom stereocenters. The van der Waals surface area contributed by atoms with Gasteiger partial charge in [0.15, 0.2) is 10.1 Å². The third kappa shape index (κ3) is 6.43. The molecule has 0 saturated heterocycles. The SMILES string of the molecule is CCCCC(CC)C(=O)Nc1nnc(SCC(=O)c2ccc(C)cc2C)s1. The van der Waals surface area contributed by atoms with Crippen LogP contribution in [-0.4, -0.2) is 27.6 Å². The Morgan fingerprint density at radius 3 is 2.67 bits per heavy atom. The highest BCUT2D eigenvalue weighted by Crippen LogP contribution is 2.27. The first kappa shape index (κ1) is 21.6. The summed E-state index contributed by atoms with van der Waals surface area (Å²) in [7, 11) is 0. The van der Waals surface area contributed by atoms with E-state index in [1.54, 1.807) is 0 Å². The molecule has 7 heteroatoms. The maximum absolute atomic E-state index is 12.4. The average Bonchev–Trinajstić information content (AvgIpc) is 3.07. The number of aryl methyl sites for hydroxylation is 2. The quantitative estimate of drug-likeness (QED) is 0.330. The Bertz CT molecular complexity index is 789. The van der Waals surface area contributed by atoms with Gasteiger partial charge in [0.1, 0.15) is 0 Å². The minimum Gasteiger partial charge on any atom is -0.300 e. The fraction of sp³-hybridized carbons (Fsp3) is 0.500. The number of thioether (sulfide) groups is 1. The van der Waals surface area contributed by atoms with Gasteiger partial charge in [-0.3, -0.25) is 9.59 Å². The van der Waals surface area contributed by atoms with Crippen LogP contribution in [0.3, 0.4) is 0 Å². The first-order chi connectivity index (χ1) is 12.9. The Labute approximate surface area is 169 Å². The van der Waals surface area contributed by atoms with E-state index in [1.807, 2.05) is 39.0 Å². The van der Waals surface area contributed by atoms with Gasteiger partial charge in [0.05, 0.1) is 5.75 Å². The molecule has 2 rings (SSSR count). The summed E-state index contributed by atoms with van der Waals surface area (Å²) in [5, 5.41) is 11.5. The standard InChI is InChI=1S/C20H27N3O2S2/c1-5-7-8-15(6-2)18(25)21-19-22-23-20(27-19)26-12-17(24)16-10-9-13(3)11-14(16)4/h9-11,15H,5-8,12H2,1-4H3,(H,21,22,25). The molecule has 0 aliphatic heterocycles. The second kappa shape index (κ2) is 10.6. The van der Waals surface area contributed by atoms with Crippen molar-refractivity contribution in [3.63, 3.8) is 0 Å². The number of hydrogen-bond donors (Lipinski definition) is 1. The minimum absolute atomic E-state index is 0.00464. The van der Waals surface area contributed by atoms with Crippen LogP contribution in [0.5, 0.6) is 0 Å². The summed E-state index contributed by atoms with van der Waals surface area (Å²) in [6.45, 7) is 8.11. The van der Waals surface area contributed by atoms with Crippen molar-refractivity contribution >= 4 is 39.9 Å². The predicted molar refractivity (Wildman–Crippen MR) is 113 cm³/mol. The molecule has 1 heterocycles. The third-order valence-corrected chi connectivity index (χ3v) is 6.39. The minimum atomic E-state index is 0.00464. The maximum Gasteiger partial charge on any atom is 0.229 e. The van der Waals surface area contributed by atoms with Crippen LogP contribution in [0.2, 0.25) is 0 Å². The van der Waals surface area contributed by atoms with Crippen molar-refractivity contribution in [2.24, 2.45) is 5.92 Å². The molecule has 1 amide bonds. The molecule has 0 saturated carbocycles. The summed E-state index contributed by atoms with van der Waals surface area (Å²) in [4.78, 5) is 24.8. The number of carbonyl (C=O) groups is 2. The summed E-state index contributed by atoms with van der Waals surface area (Å²) in [5.41, 5.74) is 2.88. The number of benzene rings is 1. The lowest BCUT2D eigenvalue weighted by atomic mass is 9.99. The molecule has 1 atom stereocenters. The van der Waals surface area contributed by atoms with Crippen molar-refractivity contribution < 1.29 is 9.59 Å². The Kier molecular flexibility index (Phi) is 8.44. The van der Waals surface area contributed by atoms with E-state index in [9.17, 15) is 9.59 Å². The number of nitrogens with one attached hydrogen (secondary N) is 1. The normalized spacial score (nSPS) is 12.0. The molecule has 0 radical (unpaired) electrons. The molecular formula is C20H27N3O2S2. The van der Waals surface area contributed by atoms with Crippen molar-refractivity contribution in [1.29, 1.82) is 0 Å². The summed E-state index contributed by atoms with van der Waals surface area (Å²) in [5.74, 6) is 0.394. The van der Waals surface area contributed by atoms with Gasteiger partial charge in [0.2, 0.25) is 11.0 Å². The van der Waals surface area contributed by atoms with Crippen LogP contribution in [0, 0.1) is 19.8 Å². The second-order valence-electron chi connectivity index (χ2n) is 6.64. The van der Waals surface area contributed by atoms with Crippen molar-refractivity contribution in [2.75, 3.05) is 11.1 Å². The van der Waals surface area contributed by atoms with Crippen LogP contribution in [-0.2, 0) is 4.79 Å². The monoisotopic (exact) mass is 405 g/mol. The van der Waals surface area contributed by atoms with E-state index in [2.05, 4.69) is 22.4 Å². The zero-order valence-corrected chi connectivity index (χ0v) is 18.0. The summed E-state index contributed by atoms with van der Waals surface area (Å²) < 4.78 is 0.685. The first-order valence-electron chi connectivity index (χ1n) is 9.32. The molecule has 1 aromatic carbocycles. The van der Waals surface area contributed by atoms with Crippen LogP contribution in [0.1, 0.15) is 61.0 Å². The van der Waals surface area contributed by atoms with E-state index >= 15 is 0 Å². The highest BCUT2D eigenvalue weighted by atomic mass is 32.2. The number of carbonyl (C=O) groups excluding carboxylic acids is 2. The summed E-state index contributed by atoms with van der Waals surface area (Å²) in [6, 6.07) is 5.84. The van der Waals surface area contributed by atoms with Crippen molar-refractivity contribution in [1.82, 2.24) is 10.2 Å². The number of nitrogens with zero attached hydrogens (tertiary/aromatic N) is 2. The van der Waals surface area contributed by atoms with Gasteiger partial charge >= 0.3 is 0 Å². The fourth-order valence-electron chi connectivity index (χ4n) is 2.83. The van der Waals surface area contributed by atoms with E-state index in [0.717, 1.165) is 42.4 Å². The molecule has 27 heavy (non-hydrogen) atoms. The smallest absolute Gasteiger partial charge is 0.229 e. The number of Topliss-reactive ketones (excluding diaryl/α,β-unsaturated/α-hetero) is 1. The van der Waals surface area contributed by atoms with Gasteiger partial charge < -0.3 is 5.32 Å². The van der Waals surface area contributed by atoms with Gasteiger partial charge in [0, 0.05) is 11.5 Å². The zero-order chi connectivity index (χ0) is 19.8. The van der Waals surface area contributed by atoms with Crippen molar-refractivity contribution in [3.05, 3.63) is 34.9 Å². The van der Waals surface area contributed by atoms with Crippen molar-refractivity contribution in [2.45, 2.75) is 57.7 Å². The molecule has 1 aromatic heterocycles. The van der Waals surface area contributed by atoms with Gasteiger partial charge in [-0.15, -0.1) is 10.2 Å². The Balaban J connectivity index is 1.90. The van der Waals surface area contributed by atoms with E-state index in [0.29, 0.717) is 15.2 Å². The molecule has 0 aliphatic carbocycles.